The van der Waals surface area contributed by atoms with E-state index >= 15 is 0 Å². The Bertz CT molecular complexity index is 937. The van der Waals surface area contributed by atoms with Crippen molar-refractivity contribution in [3.8, 4) is 0 Å². The van der Waals surface area contributed by atoms with E-state index in [1.165, 1.54) is 0 Å². The Kier molecular flexibility index (Phi) is 4.20. The van der Waals surface area contributed by atoms with Crippen LogP contribution in [-0.4, -0.2) is 22.3 Å². The third-order valence-corrected chi connectivity index (χ3v) is 3.60. The zero-order valence-corrected chi connectivity index (χ0v) is 13.3. The van der Waals surface area contributed by atoms with Gasteiger partial charge in [-0.15, -0.1) is 0 Å². The number of aromatic nitrogens is 2. The molecule has 0 saturated heterocycles. The van der Waals surface area contributed by atoms with Gasteiger partial charge < -0.3 is 10.6 Å². The summed E-state index contributed by atoms with van der Waals surface area (Å²) in [7, 11) is 0. The number of anilines is 2. The maximum Gasteiger partial charge on any atom is 0.323 e. The molecule has 1 aromatic carbocycles. The van der Waals surface area contributed by atoms with Crippen molar-refractivity contribution in [2.24, 2.45) is 0 Å². The Morgan fingerprint density at radius 2 is 1.96 bits per heavy atom. The molecule has 24 heavy (non-hydrogen) atoms. The number of aldehydes is 1. The van der Waals surface area contributed by atoms with Crippen molar-refractivity contribution in [1.82, 2.24) is 9.97 Å². The second-order valence-corrected chi connectivity index (χ2v) is 5.45. The number of hydrogen-bond donors (Lipinski definition) is 2. The Morgan fingerprint density at radius 3 is 2.75 bits per heavy atom. The summed E-state index contributed by atoms with van der Waals surface area (Å²) in [5.41, 5.74) is 4.64. The van der Waals surface area contributed by atoms with E-state index in [1.807, 2.05) is 19.9 Å². The van der Waals surface area contributed by atoms with E-state index in [9.17, 15) is 9.59 Å². The van der Waals surface area contributed by atoms with Crippen molar-refractivity contribution < 1.29 is 9.59 Å². The van der Waals surface area contributed by atoms with Gasteiger partial charge in [0.15, 0.2) is 0 Å². The predicted molar refractivity (Wildman–Crippen MR) is 93.5 cm³/mol. The molecule has 2 amide bonds. The summed E-state index contributed by atoms with van der Waals surface area (Å²) >= 11 is 0. The predicted octanol–water partition coefficient (Wildman–Crippen LogP) is 3.70. The van der Waals surface area contributed by atoms with Crippen LogP contribution in [0.5, 0.6) is 0 Å². The van der Waals surface area contributed by atoms with Crippen molar-refractivity contribution >= 4 is 34.7 Å². The molecular weight excluding hydrogens is 304 g/mol. The Morgan fingerprint density at radius 1 is 1.12 bits per heavy atom. The third-order valence-electron chi connectivity index (χ3n) is 3.60. The number of benzene rings is 1. The molecule has 3 rings (SSSR count). The topological polar surface area (TPSA) is 84.0 Å². The lowest BCUT2D eigenvalue weighted by molar-refractivity contribution is 0.112. The van der Waals surface area contributed by atoms with E-state index in [2.05, 4.69) is 20.6 Å². The first kappa shape index (κ1) is 15.6. The van der Waals surface area contributed by atoms with Crippen LogP contribution < -0.4 is 10.6 Å². The SMILES string of the molecule is Cc1cc(NC(=O)Nc2ccc(C)c(C=O)c2)c2ncccc2n1. The molecule has 2 N–H and O–H groups in total. The second kappa shape index (κ2) is 6.45. The lowest BCUT2D eigenvalue weighted by atomic mass is 10.1. The average Bonchev–Trinajstić information content (AvgIpc) is 2.56. The number of hydrogen-bond acceptors (Lipinski definition) is 4. The monoisotopic (exact) mass is 320 g/mol. The quantitative estimate of drug-likeness (QED) is 0.721. The molecular formula is C18H16N4O2. The van der Waals surface area contributed by atoms with Crippen LogP contribution in [0.15, 0.2) is 42.6 Å². The van der Waals surface area contributed by atoms with E-state index in [1.54, 1.807) is 36.5 Å². The molecule has 2 heterocycles. The van der Waals surface area contributed by atoms with Crippen LogP contribution in [0.2, 0.25) is 0 Å². The van der Waals surface area contributed by atoms with E-state index < -0.39 is 6.03 Å². The van der Waals surface area contributed by atoms with Crippen LogP contribution in [0.25, 0.3) is 11.0 Å². The normalized spacial score (nSPS) is 10.4. The van der Waals surface area contributed by atoms with Crippen LogP contribution in [0.4, 0.5) is 16.2 Å². The molecule has 0 atom stereocenters. The number of carbonyl (C=O) groups is 2. The minimum atomic E-state index is -0.409. The minimum absolute atomic E-state index is 0.409. The van der Waals surface area contributed by atoms with Gasteiger partial charge in [0.25, 0.3) is 0 Å². The number of carbonyl (C=O) groups excluding carboxylic acids is 2. The fraction of sp³-hybridized carbons (Fsp3) is 0.111. The van der Waals surface area contributed by atoms with Crippen molar-refractivity contribution in [2.45, 2.75) is 13.8 Å². The summed E-state index contributed by atoms with van der Waals surface area (Å²) in [4.78, 5) is 31.9. The minimum Gasteiger partial charge on any atom is -0.308 e. The summed E-state index contributed by atoms with van der Waals surface area (Å²) in [6, 6.07) is 10.2. The average molecular weight is 320 g/mol. The Hall–Kier alpha value is -3.28. The van der Waals surface area contributed by atoms with Crippen molar-refractivity contribution in [3.63, 3.8) is 0 Å². The standard InChI is InChI=1S/C18H16N4O2/c1-11-5-6-14(9-13(11)10-23)21-18(24)22-16-8-12(2)20-15-4-3-7-19-17(15)16/h3-10H,1-2H3,(H2,20,21,22,24). The summed E-state index contributed by atoms with van der Waals surface area (Å²) < 4.78 is 0. The van der Waals surface area contributed by atoms with Gasteiger partial charge in [-0.1, -0.05) is 6.07 Å². The number of rotatable bonds is 3. The molecule has 6 heteroatoms. The molecule has 0 aliphatic carbocycles. The Labute approximate surface area is 138 Å². The highest BCUT2D eigenvalue weighted by Crippen LogP contribution is 2.21. The first-order valence-corrected chi connectivity index (χ1v) is 7.43. The van der Waals surface area contributed by atoms with Gasteiger partial charge in [0.05, 0.1) is 11.2 Å². The molecule has 120 valence electrons. The maximum atomic E-state index is 12.3. The number of fused-ring (bicyclic) bond motifs is 1. The van der Waals surface area contributed by atoms with Crippen molar-refractivity contribution in [1.29, 1.82) is 0 Å². The first-order valence-electron chi connectivity index (χ1n) is 7.43. The van der Waals surface area contributed by atoms with Gasteiger partial charge in [-0.25, -0.2) is 4.79 Å². The van der Waals surface area contributed by atoms with Gasteiger partial charge >= 0.3 is 6.03 Å². The first-order chi connectivity index (χ1) is 11.6. The number of urea groups is 1. The molecule has 0 radical (unpaired) electrons. The summed E-state index contributed by atoms with van der Waals surface area (Å²) in [5.74, 6) is 0. The highest BCUT2D eigenvalue weighted by atomic mass is 16.2. The molecule has 6 nitrogen and oxygen atoms in total. The molecule has 0 unspecified atom stereocenters. The van der Waals surface area contributed by atoms with Crippen LogP contribution in [0.3, 0.4) is 0 Å². The molecule has 0 aliphatic heterocycles. The molecule has 0 saturated carbocycles. The van der Waals surface area contributed by atoms with Gasteiger partial charge in [0, 0.05) is 23.1 Å². The highest BCUT2D eigenvalue weighted by molar-refractivity contribution is 6.04. The van der Waals surface area contributed by atoms with Crippen molar-refractivity contribution in [2.75, 3.05) is 10.6 Å². The number of pyridine rings is 2. The summed E-state index contributed by atoms with van der Waals surface area (Å²) in [5, 5.41) is 5.50. The lowest BCUT2D eigenvalue weighted by Gasteiger charge is -2.11. The molecule has 0 spiro atoms. The zero-order valence-electron chi connectivity index (χ0n) is 13.3. The number of aryl methyl sites for hydroxylation is 2. The molecule has 0 bridgehead atoms. The summed E-state index contributed by atoms with van der Waals surface area (Å²) in [6.07, 6.45) is 2.42. The largest absolute Gasteiger partial charge is 0.323 e. The van der Waals surface area contributed by atoms with Crippen LogP contribution in [-0.2, 0) is 0 Å². The van der Waals surface area contributed by atoms with E-state index in [4.69, 9.17) is 0 Å². The zero-order chi connectivity index (χ0) is 17.1. The number of nitrogens with one attached hydrogen (secondary N) is 2. The molecule has 0 aliphatic rings. The molecule has 2 aromatic heterocycles. The number of amides is 2. The highest BCUT2D eigenvalue weighted by Gasteiger charge is 2.09. The van der Waals surface area contributed by atoms with Crippen LogP contribution in [0, 0.1) is 13.8 Å². The van der Waals surface area contributed by atoms with E-state index in [-0.39, 0.29) is 0 Å². The van der Waals surface area contributed by atoms with Crippen LogP contribution in [0.1, 0.15) is 21.6 Å². The Balaban J connectivity index is 1.84. The fourth-order valence-electron chi connectivity index (χ4n) is 2.42. The third kappa shape index (κ3) is 3.22. The van der Waals surface area contributed by atoms with E-state index in [0.717, 1.165) is 17.5 Å². The van der Waals surface area contributed by atoms with Gasteiger partial charge in [0.2, 0.25) is 0 Å². The van der Waals surface area contributed by atoms with Crippen LogP contribution >= 0.6 is 0 Å². The van der Waals surface area contributed by atoms with Gasteiger partial charge in [-0.05, 0) is 49.7 Å². The van der Waals surface area contributed by atoms with Gasteiger partial charge in [0.1, 0.15) is 11.8 Å². The second-order valence-electron chi connectivity index (χ2n) is 5.45. The lowest BCUT2D eigenvalue weighted by Crippen LogP contribution is -2.20. The van der Waals surface area contributed by atoms with E-state index in [0.29, 0.717) is 28.0 Å². The van der Waals surface area contributed by atoms with Gasteiger partial charge in [-0.3, -0.25) is 14.8 Å². The number of nitrogens with zero attached hydrogens (tertiary/aromatic N) is 2. The summed E-state index contributed by atoms with van der Waals surface area (Å²) in [6.45, 7) is 3.69. The van der Waals surface area contributed by atoms with Gasteiger partial charge in [-0.2, -0.15) is 0 Å². The maximum absolute atomic E-state index is 12.3. The van der Waals surface area contributed by atoms with Crippen molar-refractivity contribution in [3.05, 3.63) is 59.4 Å². The smallest absolute Gasteiger partial charge is 0.308 e. The fourth-order valence-corrected chi connectivity index (χ4v) is 2.42. The molecule has 3 aromatic rings. The molecule has 0 fully saturated rings.